The quantitative estimate of drug-likeness (QED) is 0.570. The van der Waals surface area contributed by atoms with E-state index in [4.69, 9.17) is 25.8 Å². The molecule has 0 saturated heterocycles. The molecule has 2 aromatic carbocycles. The lowest BCUT2D eigenvalue weighted by atomic mass is 10.1. The van der Waals surface area contributed by atoms with E-state index >= 15 is 0 Å². The lowest BCUT2D eigenvalue weighted by molar-refractivity contribution is -0.115. The van der Waals surface area contributed by atoms with Crippen molar-refractivity contribution in [3.05, 3.63) is 40.9 Å². The van der Waals surface area contributed by atoms with Gasteiger partial charge in [0, 0.05) is 13.1 Å². The van der Waals surface area contributed by atoms with Crippen LogP contribution >= 0.6 is 11.6 Å². The molecular weight excluding hydrogens is 444 g/mol. The number of nitrogens with zero attached hydrogens (tertiary/aromatic N) is 1. The first kappa shape index (κ1) is 24.8. The average Bonchev–Trinajstić information content (AvgIpc) is 2.74. The molecule has 10 heteroatoms. The van der Waals surface area contributed by atoms with Crippen molar-refractivity contribution in [2.75, 3.05) is 39.7 Å². The molecule has 0 unspecified atom stereocenters. The SMILES string of the molecule is CCN(CC)S(=O)(=O)c1ccc(Cl)c(NC(=O)Cc2cc(OC)c(OC)c(OC)c2)c1. The van der Waals surface area contributed by atoms with Crippen LogP contribution in [0.2, 0.25) is 5.02 Å². The average molecular weight is 471 g/mol. The van der Waals surface area contributed by atoms with Crippen LogP contribution in [-0.2, 0) is 21.2 Å². The Morgan fingerprint density at radius 2 is 1.58 bits per heavy atom. The van der Waals surface area contributed by atoms with Gasteiger partial charge in [-0.1, -0.05) is 25.4 Å². The first-order valence-corrected chi connectivity index (χ1v) is 11.4. The van der Waals surface area contributed by atoms with Gasteiger partial charge in [0.05, 0.1) is 43.4 Å². The van der Waals surface area contributed by atoms with E-state index in [1.165, 1.54) is 43.8 Å². The fourth-order valence-corrected chi connectivity index (χ4v) is 4.74. The Morgan fingerprint density at radius 1 is 1.00 bits per heavy atom. The normalized spacial score (nSPS) is 11.3. The lowest BCUT2D eigenvalue weighted by Gasteiger charge is -2.19. The van der Waals surface area contributed by atoms with E-state index in [9.17, 15) is 13.2 Å². The lowest BCUT2D eigenvalue weighted by Crippen LogP contribution is -2.30. The summed E-state index contributed by atoms with van der Waals surface area (Å²) in [7, 11) is 0.787. The van der Waals surface area contributed by atoms with Crippen LogP contribution in [0.15, 0.2) is 35.2 Å². The van der Waals surface area contributed by atoms with Gasteiger partial charge in [-0.15, -0.1) is 0 Å². The van der Waals surface area contributed by atoms with E-state index in [1.54, 1.807) is 26.0 Å². The molecule has 0 heterocycles. The fraction of sp³-hybridized carbons (Fsp3) is 0.381. The summed E-state index contributed by atoms with van der Waals surface area (Å²) in [6.07, 6.45) is -0.0138. The van der Waals surface area contributed by atoms with Crippen molar-refractivity contribution >= 4 is 33.2 Å². The zero-order valence-electron chi connectivity index (χ0n) is 18.2. The smallest absolute Gasteiger partial charge is 0.243 e. The molecule has 0 aliphatic rings. The highest BCUT2D eigenvalue weighted by atomic mass is 35.5. The number of carbonyl (C=O) groups is 1. The second kappa shape index (κ2) is 10.7. The zero-order valence-corrected chi connectivity index (χ0v) is 19.8. The minimum atomic E-state index is -3.68. The second-order valence-electron chi connectivity index (χ2n) is 6.49. The first-order chi connectivity index (χ1) is 14.7. The number of halogens is 1. The van der Waals surface area contributed by atoms with E-state index in [1.807, 2.05) is 0 Å². The van der Waals surface area contributed by atoms with Crippen molar-refractivity contribution in [3.8, 4) is 17.2 Å². The molecule has 1 amide bonds. The maximum absolute atomic E-state index is 12.8. The van der Waals surface area contributed by atoms with Crippen molar-refractivity contribution in [3.63, 3.8) is 0 Å². The molecular formula is C21H27ClN2O6S. The summed E-state index contributed by atoms with van der Waals surface area (Å²) in [5.74, 6) is 0.894. The maximum atomic E-state index is 12.8. The van der Waals surface area contributed by atoms with Crippen LogP contribution in [-0.4, -0.2) is 53.0 Å². The molecule has 0 radical (unpaired) electrons. The van der Waals surface area contributed by atoms with Crippen LogP contribution in [0.3, 0.4) is 0 Å². The molecule has 0 bridgehead atoms. The van der Waals surface area contributed by atoms with Crippen LogP contribution in [0, 0.1) is 0 Å². The number of methoxy groups -OCH3 is 3. The summed E-state index contributed by atoms with van der Waals surface area (Å²) in [5, 5.41) is 2.92. The highest BCUT2D eigenvalue weighted by Gasteiger charge is 2.23. The van der Waals surface area contributed by atoms with Crippen molar-refractivity contribution in [1.29, 1.82) is 0 Å². The highest BCUT2D eigenvalue weighted by molar-refractivity contribution is 7.89. The van der Waals surface area contributed by atoms with Gasteiger partial charge in [0.1, 0.15) is 0 Å². The van der Waals surface area contributed by atoms with E-state index in [2.05, 4.69) is 5.32 Å². The number of carbonyl (C=O) groups excluding carboxylic acids is 1. The molecule has 0 spiro atoms. The molecule has 0 atom stereocenters. The van der Waals surface area contributed by atoms with Crippen LogP contribution in [0.5, 0.6) is 17.2 Å². The molecule has 0 aliphatic heterocycles. The number of ether oxygens (including phenoxy) is 3. The van der Waals surface area contributed by atoms with E-state index < -0.39 is 10.0 Å². The van der Waals surface area contributed by atoms with Crippen molar-refractivity contribution in [1.82, 2.24) is 4.31 Å². The van der Waals surface area contributed by atoms with Crippen molar-refractivity contribution in [2.24, 2.45) is 0 Å². The van der Waals surface area contributed by atoms with Gasteiger partial charge in [-0.2, -0.15) is 4.31 Å². The molecule has 170 valence electrons. The molecule has 31 heavy (non-hydrogen) atoms. The minimum absolute atomic E-state index is 0.0138. The number of nitrogens with one attached hydrogen (secondary N) is 1. The third-order valence-electron chi connectivity index (χ3n) is 4.64. The number of sulfonamides is 1. The van der Waals surface area contributed by atoms with Gasteiger partial charge in [0.15, 0.2) is 11.5 Å². The molecule has 0 aromatic heterocycles. The van der Waals surface area contributed by atoms with Gasteiger partial charge >= 0.3 is 0 Å². The molecule has 2 rings (SSSR count). The van der Waals surface area contributed by atoms with E-state index in [0.29, 0.717) is 35.9 Å². The first-order valence-electron chi connectivity index (χ1n) is 9.60. The number of amides is 1. The Kier molecular flexibility index (Phi) is 8.55. The Labute approximate surface area is 188 Å². The van der Waals surface area contributed by atoms with Gasteiger partial charge in [-0.25, -0.2) is 8.42 Å². The topological polar surface area (TPSA) is 94.2 Å². The largest absolute Gasteiger partial charge is 0.493 e. The molecule has 8 nitrogen and oxygen atoms in total. The number of anilines is 1. The van der Waals surface area contributed by atoms with Crippen molar-refractivity contribution < 1.29 is 27.4 Å². The molecule has 2 aromatic rings. The highest BCUT2D eigenvalue weighted by Crippen LogP contribution is 2.38. The summed E-state index contributed by atoms with van der Waals surface area (Å²) in [6, 6.07) is 7.58. The Hall–Kier alpha value is -2.49. The fourth-order valence-electron chi connectivity index (χ4n) is 3.09. The number of hydrogen-bond acceptors (Lipinski definition) is 6. The van der Waals surface area contributed by atoms with Crippen molar-refractivity contribution in [2.45, 2.75) is 25.2 Å². The minimum Gasteiger partial charge on any atom is -0.493 e. The number of benzene rings is 2. The Bertz CT molecular complexity index is 1010. The van der Waals surface area contributed by atoms with Gasteiger partial charge in [0.25, 0.3) is 0 Å². The van der Waals surface area contributed by atoms with Crippen LogP contribution in [0.1, 0.15) is 19.4 Å². The molecule has 0 aliphatic carbocycles. The number of rotatable bonds is 10. The predicted octanol–water partition coefficient (Wildman–Crippen LogP) is 3.58. The van der Waals surface area contributed by atoms with Crippen LogP contribution < -0.4 is 19.5 Å². The summed E-state index contributed by atoms with van der Waals surface area (Å²) in [5.41, 5.74) is 0.836. The monoisotopic (exact) mass is 470 g/mol. The molecule has 0 saturated carbocycles. The standard InChI is InChI=1S/C21H27ClN2O6S/c1-6-24(7-2)31(26,27)15-8-9-16(22)17(13-15)23-20(25)12-14-10-18(28-3)21(30-5)19(11-14)29-4/h8-11,13H,6-7,12H2,1-5H3,(H,23,25). The molecule has 1 N–H and O–H groups in total. The zero-order chi connectivity index (χ0) is 23.2. The third-order valence-corrected chi connectivity index (χ3v) is 7.02. The summed E-state index contributed by atoms with van der Waals surface area (Å²) in [4.78, 5) is 12.7. The predicted molar refractivity (Wildman–Crippen MR) is 120 cm³/mol. The van der Waals surface area contributed by atoms with Crippen LogP contribution in [0.25, 0.3) is 0 Å². The second-order valence-corrected chi connectivity index (χ2v) is 8.83. The number of hydrogen-bond donors (Lipinski definition) is 1. The van der Waals surface area contributed by atoms with Gasteiger partial charge in [-0.05, 0) is 35.9 Å². The summed E-state index contributed by atoms with van der Waals surface area (Å²) < 4.78 is 42.8. The van der Waals surface area contributed by atoms with E-state index in [0.717, 1.165) is 0 Å². The van der Waals surface area contributed by atoms with Gasteiger partial charge in [-0.3, -0.25) is 4.79 Å². The summed E-state index contributed by atoms with van der Waals surface area (Å²) >= 11 is 6.20. The summed E-state index contributed by atoms with van der Waals surface area (Å²) in [6.45, 7) is 4.20. The Morgan fingerprint density at radius 3 is 2.06 bits per heavy atom. The van der Waals surface area contributed by atoms with E-state index in [-0.39, 0.29) is 27.9 Å². The van der Waals surface area contributed by atoms with Crippen LogP contribution in [0.4, 0.5) is 5.69 Å². The third kappa shape index (κ3) is 5.61. The maximum Gasteiger partial charge on any atom is 0.243 e. The van der Waals surface area contributed by atoms with Gasteiger partial charge in [0.2, 0.25) is 21.7 Å². The Balaban J connectivity index is 2.29. The molecule has 0 fully saturated rings. The van der Waals surface area contributed by atoms with Gasteiger partial charge < -0.3 is 19.5 Å².